The predicted molar refractivity (Wildman–Crippen MR) is 122 cm³/mol. The highest BCUT2D eigenvalue weighted by Gasteiger charge is 2.41. The topological polar surface area (TPSA) is 65.5 Å². The van der Waals surface area contributed by atoms with Crippen molar-refractivity contribution < 1.29 is 31.0 Å². The lowest BCUT2D eigenvalue weighted by Crippen LogP contribution is -2.45. The molecule has 2 saturated heterocycles. The van der Waals surface area contributed by atoms with Gasteiger partial charge in [0.05, 0.1) is 33.8 Å². The van der Waals surface area contributed by atoms with Crippen LogP contribution in [0.2, 0.25) is 0 Å². The Morgan fingerprint density at radius 2 is 1.86 bits per heavy atom. The molecule has 3 heterocycles. The van der Waals surface area contributed by atoms with E-state index in [0.717, 1.165) is 18.3 Å². The molecule has 2 aromatic rings. The van der Waals surface area contributed by atoms with Gasteiger partial charge in [-0.2, -0.15) is 0 Å². The van der Waals surface area contributed by atoms with E-state index in [2.05, 4.69) is 16.2 Å². The van der Waals surface area contributed by atoms with E-state index >= 15 is 0 Å². The third-order valence-corrected chi connectivity index (χ3v) is 8.41. The number of amides is 1. The van der Waals surface area contributed by atoms with Gasteiger partial charge in [0, 0.05) is 43.8 Å². The van der Waals surface area contributed by atoms with Crippen LogP contribution in [0.15, 0.2) is 41.4 Å². The number of alkyl halides is 3. The molecule has 4 rings (SSSR count). The van der Waals surface area contributed by atoms with Crippen LogP contribution in [0.3, 0.4) is 0 Å². The van der Waals surface area contributed by atoms with Crippen molar-refractivity contribution in [1.82, 2.24) is 14.6 Å². The van der Waals surface area contributed by atoms with E-state index < -0.39 is 45.4 Å². The van der Waals surface area contributed by atoms with Gasteiger partial charge in [0.1, 0.15) is 18.0 Å². The van der Waals surface area contributed by atoms with Gasteiger partial charge in [-0.05, 0) is 36.2 Å². The van der Waals surface area contributed by atoms with Crippen molar-refractivity contribution >= 4 is 27.2 Å². The van der Waals surface area contributed by atoms with Crippen molar-refractivity contribution in [2.24, 2.45) is 0 Å². The fraction of sp³-hybridized carbons (Fsp3) is 0.435. The average Bonchev–Trinajstić information content (AvgIpc) is 3.21. The zero-order chi connectivity index (χ0) is 25.4. The lowest BCUT2D eigenvalue weighted by atomic mass is 10.1. The maximum Gasteiger partial charge on any atom is 0.251 e. The van der Waals surface area contributed by atoms with Crippen LogP contribution in [-0.2, 0) is 21.0 Å². The van der Waals surface area contributed by atoms with E-state index in [9.17, 15) is 31.0 Å². The smallest absolute Gasteiger partial charge is 0.251 e. The number of piperidine rings is 1. The number of nitrogens with zero attached hydrogens (tertiary/aromatic N) is 3. The Hall–Kier alpha value is -2.73. The number of aromatic nitrogens is 1. The van der Waals surface area contributed by atoms with E-state index in [1.807, 2.05) is 0 Å². The van der Waals surface area contributed by atoms with Gasteiger partial charge in [-0.15, -0.1) is 0 Å². The summed E-state index contributed by atoms with van der Waals surface area (Å²) in [6.45, 7) is -0.450. The van der Waals surface area contributed by atoms with Crippen LogP contribution >= 0.6 is 0 Å². The lowest BCUT2D eigenvalue weighted by Gasteiger charge is -2.33. The molecule has 2 fully saturated rings. The highest BCUT2D eigenvalue weighted by atomic mass is 32.2. The fourth-order valence-corrected chi connectivity index (χ4v) is 6.11. The van der Waals surface area contributed by atoms with E-state index in [1.165, 1.54) is 27.4 Å². The number of halogens is 5. The number of hydrogen-bond donors (Lipinski definition) is 1. The molecule has 1 N–H and O–H groups in total. The van der Waals surface area contributed by atoms with Crippen molar-refractivity contribution in [3.8, 4) is 0 Å². The van der Waals surface area contributed by atoms with Gasteiger partial charge in [0.15, 0.2) is 5.82 Å². The first kappa shape index (κ1) is 25.4. The Morgan fingerprint density at radius 3 is 2.51 bits per heavy atom. The summed E-state index contributed by atoms with van der Waals surface area (Å²) >= 11 is 0. The van der Waals surface area contributed by atoms with Crippen molar-refractivity contribution in [2.75, 3.05) is 24.5 Å². The lowest BCUT2D eigenvalue weighted by molar-refractivity contribution is -0.124. The average molecular weight is 517 g/mol. The molecule has 0 bridgehead atoms. The molecule has 190 valence electrons. The van der Waals surface area contributed by atoms with Crippen LogP contribution in [0.25, 0.3) is 0 Å². The fourth-order valence-electron chi connectivity index (χ4n) is 4.28. The van der Waals surface area contributed by atoms with Crippen LogP contribution in [0.5, 0.6) is 0 Å². The van der Waals surface area contributed by atoms with Crippen LogP contribution < -0.4 is 10.2 Å². The highest BCUT2D eigenvalue weighted by Crippen LogP contribution is 2.32. The molecule has 3 atom stereocenters. The molecule has 0 aliphatic carbocycles. The summed E-state index contributed by atoms with van der Waals surface area (Å²) in [6.07, 6.45) is -1.44. The summed E-state index contributed by atoms with van der Waals surface area (Å²) in [5, 5.41) is 2.60. The molecule has 1 aromatic carbocycles. The maximum atomic E-state index is 14.3. The second kappa shape index (κ2) is 9.73. The third kappa shape index (κ3) is 5.58. The zero-order valence-corrected chi connectivity index (χ0v) is 19.5. The Balaban J connectivity index is 1.45. The molecule has 0 radical (unpaired) electrons. The molecule has 1 aromatic heterocycles. The SMILES string of the molecule is C=S(=O)(c1ccc(F)cc1)N1C[C@H](F)C[C@H]1C(=O)NCc1cc(N2CCC(F)(F)CC2)c(F)cn1. The number of nitrogens with one attached hydrogen (secondary N) is 1. The first-order valence-electron chi connectivity index (χ1n) is 11.0. The zero-order valence-electron chi connectivity index (χ0n) is 18.7. The molecule has 2 aliphatic rings. The number of hydrogen-bond acceptors (Lipinski definition) is 4. The van der Waals surface area contributed by atoms with Crippen LogP contribution in [-0.4, -0.2) is 63.0 Å². The summed E-state index contributed by atoms with van der Waals surface area (Å²) < 4.78 is 83.3. The molecule has 0 spiro atoms. The van der Waals surface area contributed by atoms with Gasteiger partial charge in [0.25, 0.3) is 5.92 Å². The van der Waals surface area contributed by atoms with Gasteiger partial charge in [0.2, 0.25) is 5.91 Å². The predicted octanol–water partition coefficient (Wildman–Crippen LogP) is 3.31. The summed E-state index contributed by atoms with van der Waals surface area (Å²) in [6, 6.07) is 5.08. The van der Waals surface area contributed by atoms with E-state index in [0.29, 0.717) is 0 Å². The van der Waals surface area contributed by atoms with Gasteiger partial charge in [-0.25, -0.2) is 30.5 Å². The molecule has 2 aliphatic heterocycles. The van der Waals surface area contributed by atoms with Crippen molar-refractivity contribution in [1.29, 1.82) is 0 Å². The van der Waals surface area contributed by atoms with Crippen molar-refractivity contribution in [2.45, 2.75) is 48.8 Å². The normalized spacial score (nSPS) is 24.2. The van der Waals surface area contributed by atoms with Gasteiger partial charge >= 0.3 is 0 Å². The molecule has 6 nitrogen and oxygen atoms in total. The van der Waals surface area contributed by atoms with Gasteiger partial charge in [-0.3, -0.25) is 9.78 Å². The minimum Gasteiger partial charge on any atom is -0.369 e. The van der Waals surface area contributed by atoms with E-state index in [1.54, 1.807) is 0 Å². The Labute approximate surface area is 200 Å². The molecule has 1 amide bonds. The Morgan fingerprint density at radius 1 is 1.20 bits per heavy atom. The molecular weight excluding hydrogens is 491 g/mol. The number of anilines is 1. The summed E-state index contributed by atoms with van der Waals surface area (Å²) in [5.41, 5.74) is 0.394. The third-order valence-electron chi connectivity index (χ3n) is 6.24. The van der Waals surface area contributed by atoms with E-state index in [-0.39, 0.29) is 61.7 Å². The minimum atomic E-state index is -3.27. The van der Waals surface area contributed by atoms with Crippen LogP contribution in [0, 0.1) is 11.6 Å². The monoisotopic (exact) mass is 516 g/mol. The van der Waals surface area contributed by atoms with Crippen LogP contribution in [0.1, 0.15) is 25.0 Å². The molecule has 0 saturated carbocycles. The number of carbonyl (C=O) groups excluding carboxylic acids is 1. The Kier molecular flexibility index (Phi) is 7.05. The van der Waals surface area contributed by atoms with Crippen molar-refractivity contribution in [3.05, 3.63) is 53.9 Å². The first-order valence-corrected chi connectivity index (χ1v) is 12.7. The van der Waals surface area contributed by atoms with Gasteiger partial charge < -0.3 is 10.2 Å². The highest BCUT2D eigenvalue weighted by molar-refractivity contribution is 7.98. The van der Waals surface area contributed by atoms with Crippen molar-refractivity contribution in [3.63, 3.8) is 0 Å². The second-order valence-corrected chi connectivity index (χ2v) is 11.0. The summed E-state index contributed by atoms with van der Waals surface area (Å²) in [5.74, 6) is -0.901. The number of rotatable bonds is 6. The van der Waals surface area contributed by atoms with E-state index in [4.69, 9.17) is 0 Å². The summed E-state index contributed by atoms with van der Waals surface area (Å²) in [4.78, 5) is 18.5. The first-order chi connectivity index (χ1) is 16.5. The second-order valence-electron chi connectivity index (χ2n) is 8.73. The standard InChI is InChI=1S/C23H25F5N4O2S/c1-35(34,18-4-2-15(24)3-5-18)32-14-16(25)10-21(32)22(33)30-12-17-11-20(19(26)13-29-17)31-8-6-23(27,28)7-9-31/h2-5,11,13,16,21H,1,6-10,12,14H2,(H,30,33)/t16-,21+,35?/m1/s1. The molecule has 35 heavy (non-hydrogen) atoms. The number of carbonyl (C=O) groups is 1. The molecular formula is C23H25F5N4O2S. The largest absolute Gasteiger partial charge is 0.369 e. The molecule has 1 unspecified atom stereocenters. The minimum absolute atomic E-state index is 0.0180. The number of benzene rings is 1. The summed E-state index contributed by atoms with van der Waals surface area (Å²) in [7, 11) is -3.27. The Bertz CT molecular complexity index is 1180. The maximum absolute atomic E-state index is 14.3. The number of pyridine rings is 1. The van der Waals surface area contributed by atoms with Gasteiger partial charge in [-0.1, -0.05) is 0 Å². The van der Waals surface area contributed by atoms with Crippen LogP contribution in [0.4, 0.5) is 27.6 Å². The molecule has 12 heteroatoms. The quantitative estimate of drug-likeness (QED) is 0.473.